The van der Waals surface area contributed by atoms with Gasteiger partial charge in [-0.25, -0.2) is 14.7 Å². The van der Waals surface area contributed by atoms with Crippen molar-refractivity contribution in [1.82, 2.24) is 10.4 Å². The minimum Gasteiger partial charge on any atom is -0.416 e. The summed E-state index contributed by atoms with van der Waals surface area (Å²) in [7, 11) is 1.44. The summed E-state index contributed by atoms with van der Waals surface area (Å²) in [6, 6.07) is 7.17. The van der Waals surface area contributed by atoms with E-state index in [0.717, 1.165) is 5.56 Å². The molecule has 0 radical (unpaired) electrons. The average Bonchev–Trinajstić information content (AvgIpc) is 2.65. The van der Waals surface area contributed by atoms with E-state index >= 15 is 0 Å². The number of halogens is 1. The summed E-state index contributed by atoms with van der Waals surface area (Å²) in [6.45, 7) is 3.51. The molecule has 7 heteroatoms. The van der Waals surface area contributed by atoms with Crippen LogP contribution in [0.25, 0.3) is 0 Å². The largest absolute Gasteiger partial charge is 0.416 e. The first kappa shape index (κ1) is 15.6. The number of nitrogens with one attached hydrogen (secondary N) is 1. The van der Waals surface area contributed by atoms with E-state index in [1.54, 1.807) is 32.0 Å². The molecule has 1 saturated heterocycles. The zero-order valence-corrected chi connectivity index (χ0v) is 12.8. The molecular formula is C14H17ClN2O4. The van der Waals surface area contributed by atoms with Crippen molar-refractivity contribution >= 4 is 23.6 Å². The van der Waals surface area contributed by atoms with Crippen molar-refractivity contribution in [1.29, 1.82) is 0 Å². The number of benzene rings is 1. The summed E-state index contributed by atoms with van der Waals surface area (Å²) in [4.78, 5) is 29.1. The SMILES string of the molecule is CNC(=O)OC1ON(Cc2ccccc2Cl)C(=O)C1(C)C. The van der Waals surface area contributed by atoms with Crippen LogP contribution in [0, 0.1) is 5.41 Å². The van der Waals surface area contributed by atoms with Crippen LogP contribution in [0.15, 0.2) is 24.3 Å². The van der Waals surface area contributed by atoms with E-state index in [2.05, 4.69) is 5.32 Å². The number of rotatable bonds is 3. The fourth-order valence-corrected chi connectivity index (χ4v) is 2.13. The van der Waals surface area contributed by atoms with E-state index in [0.29, 0.717) is 5.02 Å². The van der Waals surface area contributed by atoms with E-state index in [9.17, 15) is 9.59 Å². The zero-order chi connectivity index (χ0) is 15.6. The van der Waals surface area contributed by atoms with Crippen molar-refractivity contribution in [3.8, 4) is 0 Å². The first-order chi connectivity index (χ1) is 9.86. The molecule has 0 bridgehead atoms. The molecule has 0 saturated carbocycles. The van der Waals surface area contributed by atoms with Crippen molar-refractivity contribution in [2.45, 2.75) is 26.7 Å². The fraction of sp³-hybridized carbons (Fsp3) is 0.429. The molecule has 1 heterocycles. The Bertz CT molecular complexity index is 562. The quantitative estimate of drug-likeness (QED) is 0.930. The molecule has 114 valence electrons. The standard InChI is InChI=1S/C14H17ClN2O4/c1-14(2)11(18)17(21-12(14)20-13(19)16-3)8-9-6-4-5-7-10(9)15/h4-7,12H,8H2,1-3H3,(H,16,19). The number of carbonyl (C=O) groups is 2. The fourth-order valence-electron chi connectivity index (χ4n) is 1.93. The average molecular weight is 313 g/mol. The monoisotopic (exact) mass is 312 g/mol. The first-order valence-electron chi connectivity index (χ1n) is 6.46. The summed E-state index contributed by atoms with van der Waals surface area (Å²) in [5.41, 5.74) is -0.211. The minimum absolute atomic E-state index is 0.190. The van der Waals surface area contributed by atoms with Gasteiger partial charge in [-0.05, 0) is 25.5 Å². The topological polar surface area (TPSA) is 67.9 Å². The van der Waals surface area contributed by atoms with Gasteiger partial charge in [0, 0.05) is 12.1 Å². The van der Waals surface area contributed by atoms with Gasteiger partial charge in [0.2, 0.25) is 6.29 Å². The number of amides is 2. The summed E-state index contributed by atoms with van der Waals surface area (Å²) in [5.74, 6) is -0.267. The molecule has 1 aliphatic heterocycles. The van der Waals surface area contributed by atoms with Gasteiger partial charge in [-0.1, -0.05) is 29.8 Å². The molecule has 1 aromatic carbocycles. The summed E-state index contributed by atoms with van der Waals surface area (Å²) in [6.07, 6.45) is -1.63. The van der Waals surface area contributed by atoms with Crippen LogP contribution in [-0.2, 0) is 20.9 Å². The van der Waals surface area contributed by atoms with E-state index < -0.39 is 17.8 Å². The van der Waals surface area contributed by atoms with Crippen molar-refractivity contribution in [2.75, 3.05) is 7.05 Å². The normalized spacial score (nSPS) is 20.5. The Kier molecular flexibility index (Phi) is 4.39. The molecule has 1 N–H and O–H groups in total. The third-order valence-corrected chi connectivity index (χ3v) is 3.65. The van der Waals surface area contributed by atoms with Gasteiger partial charge < -0.3 is 10.1 Å². The Morgan fingerprint density at radius 3 is 2.76 bits per heavy atom. The van der Waals surface area contributed by atoms with E-state index in [1.165, 1.54) is 12.1 Å². The van der Waals surface area contributed by atoms with Gasteiger partial charge >= 0.3 is 6.09 Å². The van der Waals surface area contributed by atoms with E-state index in [4.69, 9.17) is 21.2 Å². The number of alkyl carbamates (subject to hydrolysis) is 1. The maximum atomic E-state index is 12.4. The minimum atomic E-state index is -0.979. The van der Waals surface area contributed by atoms with E-state index in [-0.39, 0.29) is 12.5 Å². The van der Waals surface area contributed by atoms with Gasteiger partial charge in [0.25, 0.3) is 5.91 Å². The van der Waals surface area contributed by atoms with Crippen LogP contribution in [0.2, 0.25) is 5.02 Å². The second kappa shape index (κ2) is 5.91. The van der Waals surface area contributed by atoms with Crippen LogP contribution in [0.4, 0.5) is 4.79 Å². The van der Waals surface area contributed by atoms with Crippen LogP contribution in [0.3, 0.4) is 0 Å². The second-order valence-electron chi connectivity index (χ2n) is 5.25. The molecule has 2 rings (SSSR count). The van der Waals surface area contributed by atoms with Crippen molar-refractivity contribution in [2.24, 2.45) is 5.41 Å². The van der Waals surface area contributed by atoms with Crippen LogP contribution < -0.4 is 5.32 Å². The molecule has 0 aromatic heterocycles. The maximum absolute atomic E-state index is 12.4. The molecule has 1 unspecified atom stereocenters. The Morgan fingerprint density at radius 1 is 1.48 bits per heavy atom. The Labute approximate surface area is 127 Å². The number of carbonyl (C=O) groups excluding carboxylic acids is 2. The Hall–Kier alpha value is -1.79. The molecule has 0 spiro atoms. The summed E-state index contributed by atoms with van der Waals surface area (Å²) >= 11 is 6.08. The molecule has 2 amide bonds. The van der Waals surface area contributed by atoms with Gasteiger partial charge in [0.1, 0.15) is 5.41 Å². The van der Waals surface area contributed by atoms with Gasteiger partial charge in [0.15, 0.2) is 0 Å². The van der Waals surface area contributed by atoms with Crippen molar-refractivity contribution in [3.05, 3.63) is 34.9 Å². The summed E-state index contributed by atoms with van der Waals surface area (Å²) < 4.78 is 5.08. The van der Waals surface area contributed by atoms with Crippen LogP contribution in [-0.4, -0.2) is 30.4 Å². The number of hydrogen-bond donors (Lipinski definition) is 1. The molecular weight excluding hydrogens is 296 g/mol. The predicted molar refractivity (Wildman–Crippen MR) is 76.2 cm³/mol. The van der Waals surface area contributed by atoms with Gasteiger partial charge in [-0.3, -0.25) is 4.79 Å². The number of hydroxylamine groups is 2. The third kappa shape index (κ3) is 3.11. The highest BCUT2D eigenvalue weighted by atomic mass is 35.5. The zero-order valence-electron chi connectivity index (χ0n) is 12.1. The van der Waals surface area contributed by atoms with Crippen molar-refractivity contribution < 1.29 is 19.2 Å². The number of ether oxygens (including phenoxy) is 1. The van der Waals surface area contributed by atoms with Gasteiger partial charge in [-0.2, -0.15) is 0 Å². The molecule has 1 atom stereocenters. The lowest BCUT2D eigenvalue weighted by molar-refractivity contribution is -0.227. The summed E-state index contributed by atoms with van der Waals surface area (Å²) in [5, 5.41) is 4.05. The molecule has 6 nitrogen and oxygen atoms in total. The molecule has 1 fully saturated rings. The van der Waals surface area contributed by atoms with Crippen LogP contribution in [0.1, 0.15) is 19.4 Å². The maximum Gasteiger partial charge on any atom is 0.409 e. The number of hydrogen-bond acceptors (Lipinski definition) is 4. The number of nitrogens with zero attached hydrogens (tertiary/aromatic N) is 1. The third-order valence-electron chi connectivity index (χ3n) is 3.28. The second-order valence-corrected chi connectivity index (χ2v) is 5.65. The van der Waals surface area contributed by atoms with Crippen LogP contribution >= 0.6 is 11.6 Å². The van der Waals surface area contributed by atoms with Crippen LogP contribution in [0.5, 0.6) is 0 Å². The highest BCUT2D eigenvalue weighted by molar-refractivity contribution is 6.31. The van der Waals surface area contributed by atoms with Gasteiger partial charge in [0.05, 0.1) is 6.54 Å². The smallest absolute Gasteiger partial charge is 0.409 e. The molecule has 0 aliphatic carbocycles. The lowest BCUT2D eigenvalue weighted by Crippen LogP contribution is -2.37. The first-order valence-corrected chi connectivity index (χ1v) is 6.84. The lowest BCUT2D eigenvalue weighted by Gasteiger charge is -2.20. The predicted octanol–water partition coefficient (Wildman–Crippen LogP) is 2.32. The van der Waals surface area contributed by atoms with Crippen molar-refractivity contribution in [3.63, 3.8) is 0 Å². The molecule has 21 heavy (non-hydrogen) atoms. The lowest BCUT2D eigenvalue weighted by atomic mass is 9.92. The molecule has 1 aliphatic rings. The van der Waals surface area contributed by atoms with Gasteiger partial charge in [-0.15, -0.1) is 0 Å². The van der Waals surface area contributed by atoms with E-state index in [1.807, 2.05) is 6.07 Å². The highest BCUT2D eigenvalue weighted by Crippen LogP contribution is 2.36. The Morgan fingerprint density at radius 2 is 2.14 bits per heavy atom. The Balaban J connectivity index is 2.14. The molecule has 1 aromatic rings. The highest BCUT2D eigenvalue weighted by Gasteiger charge is 2.51.